The maximum absolute atomic E-state index is 11.8. The van der Waals surface area contributed by atoms with Crippen molar-refractivity contribution in [2.45, 2.75) is 20.3 Å². The Morgan fingerprint density at radius 2 is 1.63 bits per heavy atom. The first-order valence-electron chi connectivity index (χ1n) is 6.13. The summed E-state index contributed by atoms with van der Waals surface area (Å²) >= 11 is 0. The highest BCUT2D eigenvalue weighted by molar-refractivity contribution is 6.03. The Balaban J connectivity index is 2.64. The fourth-order valence-electron chi connectivity index (χ4n) is 1.46. The average Bonchev–Trinajstić information content (AvgIpc) is 2.41. The van der Waals surface area contributed by atoms with E-state index in [0.29, 0.717) is 16.9 Å². The van der Waals surface area contributed by atoms with Crippen LogP contribution < -0.4 is 16.0 Å². The summed E-state index contributed by atoms with van der Waals surface area (Å²) in [6.45, 7) is 3.76. The van der Waals surface area contributed by atoms with Crippen molar-refractivity contribution in [1.82, 2.24) is 5.32 Å². The SMILES string of the molecule is CC/C=C(/C)C(=O)Nc1ccc(NC(=O)NC)cc1. The van der Waals surface area contributed by atoms with E-state index in [4.69, 9.17) is 0 Å². The topological polar surface area (TPSA) is 70.2 Å². The summed E-state index contributed by atoms with van der Waals surface area (Å²) in [4.78, 5) is 22.9. The summed E-state index contributed by atoms with van der Waals surface area (Å²) in [6, 6.07) is 6.65. The number of nitrogens with one attached hydrogen (secondary N) is 3. The molecule has 5 nitrogen and oxygen atoms in total. The van der Waals surface area contributed by atoms with Crippen LogP contribution in [0.3, 0.4) is 0 Å². The molecule has 0 heterocycles. The summed E-state index contributed by atoms with van der Waals surface area (Å²) in [5, 5.41) is 7.89. The van der Waals surface area contributed by atoms with Crippen molar-refractivity contribution in [2.75, 3.05) is 17.7 Å². The van der Waals surface area contributed by atoms with Crippen molar-refractivity contribution in [3.63, 3.8) is 0 Å². The number of rotatable bonds is 4. The van der Waals surface area contributed by atoms with Gasteiger partial charge in [0.15, 0.2) is 0 Å². The first-order valence-corrected chi connectivity index (χ1v) is 6.13. The van der Waals surface area contributed by atoms with Crippen LogP contribution in [0.15, 0.2) is 35.9 Å². The summed E-state index contributed by atoms with van der Waals surface area (Å²) in [5.74, 6) is -0.117. The van der Waals surface area contributed by atoms with Crippen LogP contribution in [-0.2, 0) is 4.79 Å². The first kappa shape index (κ1) is 14.8. The fraction of sp³-hybridized carbons (Fsp3) is 0.286. The molecule has 1 aromatic carbocycles. The lowest BCUT2D eigenvalue weighted by Crippen LogP contribution is -2.24. The summed E-state index contributed by atoms with van der Waals surface area (Å²) in [5.41, 5.74) is 2.05. The van der Waals surface area contributed by atoms with Crippen LogP contribution in [0, 0.1) is 0 Å². The molecular formula is C14H19N3O2. The van der Waals surface area contributed by atoms with E-state index in [-0.39, 0.29) is 11.9 Å². The minimum Gasteiger partial charge on any atom is -0.341 e. The number of hydrogen-bond donors (Lipinski definition) is 3. The molecule has 3 amide bonds. The highest BCUT2D eigenvalue weighted by atomic mass is 16.2. The second-order valence-corrected chi connectivity index (χ2v) is 4.03. The van der Waals surface area contributed by atoms with Gasteiger partial charge in [-0.15, -0.1) is 0 Å². The predicted molar refractivity (Wildman–Crippen MR) is 77.2 cm³/mol. The third kappa shape index (κ3) is 4.83. The van der Waals surface area contributed by atoms with Gasteiger partial charge in [-0.25, -0.2) is 4.79 Å². The van der Waals surface area contributed by atoms with Crippen LogP contribution in [0.4, 0.5) is 16.2 Å². The van der Waals surface area contributed by atoms with Gasteiger partial charge in [0.1, 0.15) is 0 Å². The zero-order valence-corrected chi connectivity index (χ0v) is 11.4. The maximum atomic E-state index is 11.8. The van der Waals surface area contributed by atoms with Crippen molar-refractivity contribution in [3.8, 4) is 0 Å². The molecular weight excluding hydrogens is 242 g/mol. The van der Waals surface area contributed by atoms with Crippen molar-refractivity contribution < 1.29 is 9.59 Å². The average molecular weight is 261 g/mol. The predicted octanol–water partition coefficient (Wildman–Crippen LogP) is 2.73. The Bertz CT molecular complexity index is 478. The molecule has 0 aromatic heterocycles. The Hall–Kier alpha value is -2.30. The van der Waals surface area contributed by atoms with Gasteiger partial charge < -0.3 is 16.0 Å². The van der Waals surface area contributed by atoms with E-state index in [9.17, 15) is 9.59 Å². The van der Waals surface area contributed by atoms with Crippen LogP contribution in [0.5, 0.6) is 0 Å². The zero-order chi connectivity index (χ0) is 14.3. The van der Waals surface area contributed by atoms with Crippen molar-refractivity contribution in [2.24, 2.45) is 0 Å². The van der Waals surface area contributed by atoms with Crippen LogP contribution in [0.2, 0.25) is 0 Å². The Morgan fingerprint density at radius 1 is 1.11 bits per heavy atom. The molecule has 0 aliphatic carbocycles. The molecule has 5 heteroatoms. The molecule has 0 spiro atoms. The Labute approximate surface area is 113 Å². The quantitative estimate of drug-likeness (QED) is 0.729. The van der Waals surface area contributed by atoms with E-state index in [1.807, 2.05) is 13.0 Å². The normalized spacial score (nSPS) is 10.8. The summed E-state index contributed by atoms with van der Waals surface area (Å²) in [6.07, 6.45) is 2.70. The Kier molecular flexibility index (Phi) is 5.60. The molecule has 0 bridgehead atoms. The first-order chi connectivity index (χ1) is 9.06. The van der Waals surface area contributed by atoms with E-state index < -0.39 is 0 Å². The minimum absolute atomic E-state index is 0.117. The van der Waals surface area contributed by atoms with Gasteiger partial charge in [-0.3, -0.25) is 4.79 Å². The van der Waals surface area contributed by atoms with Gasteiger partial charge in [-0.05, 0) is 37.6 Å². The molecule has 19 heavy (non-hydrogen) atoms. The number of amides is 3. The van der Waals surface area contributed by atoms with E-state index in [1.54, 1.807) is 38.2 Å². The molecule has 0 fully saturated rings. The van der Waals surface area contributed by atoms with Gasteiger partial charge in [-0.1, -0.05) is 13.0 Å². The van der Waals surface area contributed by atoms with Crippen LogP contribution >= 0.6 is 0 Å². The third-order valence-electron chi connectivity index (χ3n) is 2.50. The number of allylic oxidation sites excluding steroid dienone is 1. The van der Waals surface area contributed by atoms with Gasteiger partial charge in [0.2, 0.25) is 0 Å². The monoisotopic (exact) mass is 261 g/mol. The van der Waals surface area contributed by atoms with Crippen LogP contribution in [0.1, 0.15) is 20.3 Å². The molecule has 0 saturated heterocycles. The number of urea groups is 1. The van der Waals surface area contributed by atoms with Crippen molar-refractivity contribution >= 4 is 23.3 Å². The lowest BCUT2D eigenvalue weighted by Gasteiger charge is -2.07. The lowest BCUT2D eigenvalue weighted by molar-refractivity contribution is -0.112. The standard InChI is InChI=1S/C14H19N3O2/c1-4-5-10(2)13(18)16-11-6-8-12(9-7-11)17-14(19)15-3/h5-9H,4H2,1-3H3,(H,16,18)(H2,15,17,19)/b10-5-. The number of benzene rings is 1. The number of carbonyl (C=O) groups excluding carboxylic acids is 2. The largest absolute Gasteiger partial charge is 0.341 e. The Morgan fingerprint density at radius 3 is 2.11 bits per heavy atom. The van der Waals surface area contributed by atoms with E-state index in [0.717, 1.165) is 6.42 Å². The molecule has 0 aliphatic heterocycles. The highest BCUT2D eigenvalue weighted by Gasteiger charge is 2.04. The molecule has 0 unspecified atom stereocenters. The van der Waals surface area contributed by atoms with E-state index >= 15 is 0 Å². The molecule has 102 valence electrons. The molecule has 3 N–H and O–H groups in total. The van der Waals surface area contributed by atoms with Gasteiger partial charge in [0.05, 0.1) is 0 Å². The van der Waals surface area contributed by atoms with E-state index in [1.165, 1.54) is 0 Å². The van der Waals surface area contributed by atoms with Crippen molar-refractivity contribution in [3.05, 3.63) is 35.9 Å². The summed E-state index contributed by atoms with van der Waals surface area (Å²) < 4.78 is 0. The van der Waals surface area contributed by atoms with E-state index in [2.05, 4.69) is 16.0 Å². The number of carbonyl (C=O) groups is 2. The second kappa shape index (κ2) is 7.20. The number of anilines is 2. The smallest absolute Gasteiger partial charge is 0.318 e. The molecule has 0 radical (unpaired) electrons. The highest BCUT2D eigenvalue weighted by Crippen LogP contribution is 2.14. The van der Waals surface area contributed by atoms with Crippen molar-refractivity contribution in [1.29, 1.82) is 0 Å². The van der Waals surface area contributed by atoms with Crippen LogP contribution in [-0.4, -0.2) is 19.0 Å². The van der Waals surface area contributed by atoms with Gasteiger partial charge in [0, 0.05) is 24.0 Å². The number of hydrogen-bond acceptors (Lipinski definition) is 2. The second-order valence-electron chi connectivity index (χ2n) is 4.03. The molecule has 0 saturated carbocycles. The zero-order valence-electron chi connectivity index (χ0n) is 11.4. The lowest BCUT2D eigenvalue weighted by atomic mass is 10.2. The molecule has 0 aliphatic rings. The van der Waals surface area contributed by atoms with Gasteiger partial charge >= 0.3 is 6.03 Å². The molecule has 1 rings (SSSR count). The third-order valence-corrected chi connectivity index (χ3v) is 2.50. The molecule has 0 atom stereocenters. The molecule has 1 aromatic rings. The maximum Gasteiger partial charge on any atom is 0.318 e. The van der Waals surface area contributed by atoms with Gasteiger partial charge in [-0.2, -0.15) is 0 Å². The minimum atomic E-state index is -0.279. The summed E-state index contributed by atoms with van der Waals surface area (Å²) in [7, 11) is 1.55. The fourth-order valence-corrected chi connectivity index (χ4v) is 1.46. The van der Waals surface area contributed by atoms with Crippen LogP contribution in [0.25, 0.3) is 0 Å². The van der Waals surface area contributed by atoms with Gasteiger partial charge in [0.25, 0.3) is 5.91 Å².